The molecule has 0 saturated heterocycles. The maximum atomic E-state index is 14.2. The molecule has 1 atom stereocenters. The van der Waals surface area contributed by atoms with Gasteiger partial charge in [-0.05, 0) is 31.7 Å². The van der Waals surface area contributed by atoms with E-state index in [1.54, 1.807) is 26.8 Å². The second-order valence-electron chi connectivity index (χ2n) is 8.54. The van der Waals surface area contributed by atoms with Crippen LogP contribution in [0.15, 0.2) is 71.7 Å². The molecule has 160 valence electrons. The Morgan fingerprint density at radius 1 is 1.03 bits per heavy atom. The van der Waals surface area contributed by atoms with Gasteiger partial charge in [-0.15, -0.1) is 0 Å². The van der Waals surface area contributed by atoms with Gasteiger partial charge in [0.1, 0.15) is 5.60 Å². The minimum Gasteiger partial charge on any atom is -0.458 e. The lowest BCUT2D eigenvalue weighted by atomic mass is 9.95. The molecule has 1 aliphatic heterocycles. The van der Waals surface area contributed by atoms with Gasteiger partial charge >= 0.3 is 5.97 Å². The highest BCUT2D eigenvalue weighted by Gasteiger charge is 2.41. The maximum absolute atomic E-state index is 14.2. The van der Waals surface area contributed by atoms with Crippen molar-refractivity contribution < 1.29 is 18.3 Å². The molecule has 0 spiro atoms. The van der Waals surface area contributed by atoms with Crippen LogP contribution in [0.2, 0.25) is 0 Å². The van der Waals surface area contributed by atoms with E-state index in [1.807, 2.05) is 60.7 Å². The first-order valence-corrected chi connectivity index (χ1v) is 10.2. The zero-order valence-electron chi connectivity index (χ0n) is 17.7. The number of halogens is 2. The van der Waals surface area contributed by atoms with Crippen LogP contribution in [0, 0.1) is 0 Å². The van der Waals surface area contributed by atoms with Crippen LogP contribution in [0.25, 0.3) is 10.8 Å². The smallest absolute Gasteiger partial charge is 0.334 e. The Kier molecular flexibility index (Phi) is 5.48. The summed E-state index contributed by atoms with van der Waals surface area (Å²) in [7, 11) is 0. The first-order chi connectivity index (χ1) is 14.7. The Balaban J connectivity index is 1.91. The van der Waals surface area contributed by atoms with Crippen molar-refractivity contribution in [1.82, 2.24) is 4.90 Å². The van der Waals surface area contributed by atoms with Crippen molar-refractivity contribution in [3.8, 4) is 0 Å². The summed E-state index contributed by atoms with van der Waals surface area (Å²) in [6.45, 7) is 5.40. The molecular weight excluding hydrogens is 398 g/mol. The zero-order chi connectivity index (χ0) is 22.2. The van der Waals surface area contributed by atoms with Crippen molar-refractivity contribution >= 4 is 28.3 Å². The lowest BCUT2D eigenvalue weighted by Gasteiger charge is -2.38. The second-order valence-corrected chi connectivity index (χ2v) is 8.54. The summed E-state index contributed by atoms with van der Waals surface area (Å²) in [6.07, 6.45) is -2.85. The molecule has 3 aromatic carbocycles. The fourth-order valence-electron chi connectivity index (χ4n) is 3.83. The van der Waals surface area contributed by atoms with Gasteiger partial charge in [0.25, 0.3) is 6.43 Å². The average molecular weight is 422 g/mol. The van der Waals surface area contributed by atoms with Crippen molar-refractivity contribution in [2.24, 2.45) is 4.99 Å². The predicted molar refractivity (Wildman–Crippen MR) is 118 cm³/mol. The number of hydrogen-bond acceptors (Lipinski definition) is 4. The Hall–Kier alpha value is -3.28. The number of benzene rings is 3. The van der Waals surface area contributed by atoms with Gasteiger partial charge in [0.15, 0.2) is 11.9 Å². The number of hydrogen-bond donors (Lipinski definition) is 0. The largest absolute Gasteiger partial charge is 0.458 e. The van der Waals surface area contributed by atoms with Crippen LogP contribution in [-0.2, 0) is 16.1 Å². The number of esters is 1. The van der Waals surface area contributed by atoms with Crippen LogP contribution < -0.4 is 0 Å². The third-order valence-corrected chi connectivity index (χ3v) is 5.08. The second kappa shape index (κ2) is 8.10. The number of carbonyl (C=O) groups is 1. The normalized spacial score (nSPS) is 16.3. The monoisotopic (exact) mass is 422 g/mol. The van der Waals surface area contributed by atoms with Gasteiger partial charge in [-0.25, -0.2) is 18.6 Å². The number of alkyl halides is 2. The number of amidine groups is 1. The number of ether oxygens (including phenoxy) is 1. The summed E-state index contributed by atoms with van der Waals surface area (Å²) in [6, 6.07) is 19.3. The molecule has 4 nitrogen and oxygen atoms in total. The molecule has 0 N–H and O–H groups in total. The van der Waals surface area contributed by atoms with Crippen LogP contribution in [0.1, 0.15) is 37.9 Å². The third kappa shape index (κ3) is 4.29. The molecule has 0 fully saturated rings. The molecule has 1 aliphatic rings. The molecule has 1 unspecified atom stereocenters. The van der Waals surface area contributed by atoms with Crippen LogP contribution in [-0.4, -0.2) is 28.7 Å². The molecule has 0 aliphatic carbocycles. The number of rotatable bonds is 4. The van der Waals surface area contributed by atoms with Gasteiger partial charge in [0.2, 0.25) is 0 Å². The Bertz CT molecular complexity index is 1140. The highest BCUT2D eigenvalue weighted by Crippen LogP contribution is 2.42. The van der Waals surface area contributed by atoms with Crippen molar-refractivity contribution in [1.29, 1.82) is 0 Å². The Morgan fingerprint density at radius 2 is 1.71 bits per heavy atom. The highest BCUT2D eigenvalue weighted by atomic mass is 19.3. The van der Waals surface area contributed by atoms with E-state index in [4.69, 9.17) is 4.74 Å². The van der Waals surface area contributed by atoms with E-state index in [-0.39, 0.29) is 6.54 Å². The average Bonchev–Trinajstić information content (AvgIpc) is 2.72. The predicted octanol–water partition coefficient (Wildman–Crippen LogP) is 6.03. The van der Waals surface area contributed by atoms with Crippen molar-refractivity contribution in [3.05, 3.63) is 77.9 Å². The summed E-state index contributed by atoms with van der Waals surface area (Å²) in [5.41, 5.74) is 1.00. The Morgan fingerprint density at radius 3 is 2.39 bits per heavy atom. The van der Waals surface area contributed by atoms with E-state index in [0.29, 0.717) is 11.3 Å². The standard InChI is InChI=1S/C25H24F2N2O2/c1-25(2,3)31-24(30)21-19-14-13-17-11-7-8-12-18(17)20(19)28-23(22(26)27)29(21)15-16-9-5-4-6-10-16/h4-14,21-22H,15H2,1-3H3. The first kappa shape index (κ1) is 21.0. The summed E-state index contributed by atoms with van der Waals surface area (Å²) in [4.78, 5) is 19.0. The van der Waals surface area contributed by atoms with Crippen molar-refractivity contribution in [2.45, 2.75) is 45.4 Å². The van der Waals surface area contributed by atoms with Crippen LogP contribution in [0.5, 0.6) is 0 Å². The molecular formula is C25H24F2N2O2. The molecule has 1 heterocycles. The molecule has 3 aromatic rings. The molecule has 0 saturated carbocycles. The van der Waals surface area contributed by atoms with Crippen molar-refractivity contribution in [3.63, 3.8) is 0 Å². The minimum absolute atomic E-state index is 0.111. The van der Waals surface area contributed by atoms with Crippen LogP contribution >= 0.6 is 0 Å². The van der Waals surface area contributed by atoms with Gasteiger partial charge < -0.3 is 9.64 Å². The molecule has 0 amide bonds. The number of aliphatic imine (C=N–C) groups is 1. The molecule has 6 heteroatoms. The summed E-state index contributed by atoms with van der Waals surface area (Å²) >= 11 is 0. The quantitative estimate of drug-likeness (QED) is 0.482. The molecule has 0 bridgehead atoms. The van der Waals surface area contributed by atoms with Gasteiger partial charge in [-0.2, -0.15) is 0 Å². The molecule has 0 aromatic heterocycles. The van der Waals surface area contributed by atoms with E-state index in [0.717, 1.165) is 16.3 Å². The van der Waals surface area contributed by atoms with Crippen LogP contribution in [0.3, 0.4) is 0 Å². The number of nitrogens with zero attached hydrogens (tertiary/aromatic N) is 2. The molecule has 31 heavy (non-hydrogen) atoms. The lowest BCUT2D eigenvalue weighted by Crippen LogP contribution is -2.45. The lowest BCUT2D eigenvalue weighted by molar-refractivity contribution is -0.160. The highest BCUT2D eigenvalue weighted by molar-refractivity contribution is 6.03. The molecule has 0 radical (unpaired) electrons. The minimum atomic E-state index is -2.85. The number of fused-ring (bicyclic) bond motifs is 3. The van der Waals surface area contributed by atoms with Crippen molar-refractivity contribution in [2.75, 3.05) is 0 Å². The number of carbonyl (C=O) groups excluding carboxylic acids is 1. The third-order valence-electron chi connectivity index (χ3n) is 5.08. The van der Waals surface area contributed by atoms with E-state index < -0.39 is 29.9 Å². The maximum Gasteiger partial charge on any atom is 0.334 e. The van der Waals surface area contributed by atoms with E-state index in [9.17, 15) is 13.6 Å². The van der Waals surface area contributed by atoms with E-state index in [2.05, 4.69) is 4.99 Å². The first-order valence-electron chi connectivity index (χ1n) is 10.2. The summed E-state index contributed by atoms with van der Waals surface area (Å²) < 4.78 is 34.1. The van der Waals surface area contributed by atoms with E-state index in [1.165, 1.54) is 4.90 Å². The van der Waals surface area contributed by atoms with Gasteiger partial charge in [0, 0.05) is 17.5 Å². The Labute approximate surface area is 180 Å². The fraction of sp³-hybridized carbons (Fsp3) is 0.280. The fourth-order valence-corrected chi connectivity index (χ4v) is 3.83. The summed E-state index contributed by atoms with van der Waals surface area (Å²) in [5, 5.41) is 1.60. The van der Waals surface area contributed by atoms with Gasteiger partial charge in [0.05, 0.1) is 5.69 Å². The van der Waals surface area contributed by atoms with E-state index >= 15 is 0 Å². The van der Waals surface area contributed by atoms with Gasteiger partial charge in [-0.3, -0.25) is 0 Å². The molecule has 4 rings (SSSR count). The zero-order valence-corrected chi connectivity index (χ0v) is 17.7. The van der Waals surface area contributed by atoms with Crippen LogP contribution in [0.4, 0.5) is 14.5 Å². The SMILES string of the molecule is CC(C)(C)OC(=O)C1c2ccc3ccccc3c2N=C(C(F)F)N1Cc1ccccc1. The topological polar surface area (TPSA) is 41.9 Å². The summed E-state index contributed by atoms with van der Waals surface area (Å²) in [5.74, 6) is -1.00. The van der Waals surface area contributed by atoms with Gasteiger partial charge in [-0.1, -0.05) is 66.7 Å².